The first-order chi connectivity index (χ1) is 25.1. The number of aromatic nitrogens is 2. The summed E-state index contributed by atoms with van der Waals surface area (Å²) in [6.45, 7) is 3.35. The Balaban J connectivity index is 1.38. The lowest BCUT2D eigenvalue weighted by atomic mass is 9.96. The lowest BCUT2D eigenvalue weighted by Crippen LogP contribution is -2.51. The molecule has 0 bridgehead atoms. The Hall–Kier alpha value is -4.70. The zero-order valence-corrected chi connectivity index (χ0v) is 31.0. The van der Waals surface area contributed by atoms with Crippen LogP contribution in [0.1, 0.15) is 49.4 Å². The molecule has 5 N–H and O–H groups in total. The Morgan fingerprint density at radius 2 is 1.75 bits per heavy atom. The number of hydrogen-bond acceptors (Lipinski definition) is 12. The van der Waals surface area contributed by atoms with Crippen LogP contribution in [0.3, 0.4) is 0 Å². The number of carboxylic acid groups (broad SMARTS) is 1. The summed E-state index contributed by atoms with van der Waals surface area (Å²) in [6, 6.07) is 17.2. The number of rotatable bonds is 16. The number of thioether (sulfide) groups is 1. The van der Waals surface area contributed by atoms with E-state index in [0.717, 1.165) is 42.2 Å². The van der Waals surface area contributed by atoms with Crippen LogP contribution < -0.4 is 21.1 Å². The highest BCUT2D eigenvalue weighted by Gasteiger charge is 2.29. The summed E-state index contributed by atoms with van der Waals surface area (Å²) in [5.41, 5.74) is 15.2. The third-order valence-electron chi connectivity index (χ3n) is 8.66. The molecule has 15 heteroatoms. The molecule has 2 aromatic carbocycles. The number of carboxylic acids is 1. The number of nitrogens with zero attached hydrogens (tertiary/aromatic N) is 6. The molecule has 0 aliphatic carbocycles. The maximum atomic E-state index is 13.0. The van der Waals surface area contributed by atoms with Crippen molar-refractivity contribution in [2.45, 2.75) is 55.5 Å². The lowest BCUT2D eigenvalue weighted by Gasteiger charge is -2.29. The second-order valence-electron chi connectivity index (χ2n) is 12.2. The molecule has 3 heterocycles. The molecule has 270 valence electrons. The van der Waals surface area contributed by atoms with Crippen molar-refractivity contribution in [3.8, 4) is 39.6 Å². The largest absolute Gasteiger partial charge is 0.492 e. The lowest BCUT2D eigenvalue weighted by molar-refractivity contribution is -0.150. The number of benzene rings is 2. The predicted molar refractivity (Wildman–Crippen MR) is 203 cm³/mol. The number of nitriles is 2. The molecule has 5 rings (SSSR count). The topological polar surface area (TPSA) is 195 Å². The van der Waals surface area contributed by atoms with Gasteiger partial charge in [0.15, 0.2) is 0 Å². The average molecular weight is 759 g/mol. The van der Waals surface area contributed by atoms with E-state index >= 15 is 0 Å². The van der Waals surface area contributed by atoms with Crippen LogP contribution in [0.25, 0.3) is 21.7 Å². The fourth-order valence-electron chi connectivity index (χ4n) is 5.83. The van der Waals surface area contributed by atoms with Crippen LogP contribution in [0, 0.1) is 22.7 Å². The van der Waals surface area contributed by atoms with E-state index in [0.29, 0.717) is 69.0 Å². The van der Waals surface area contributed by atoms with Crippen molar-refractivity contribution >= 4 is 52.4 Å². The Kier molecular flexibility index (Phi) is 13.5. The van der Waals surface area contributed by atoms with Crippen LogP contribution in [-0.2, 0) is 15.3 Å². The van der Waals surface area contributed by atoms with Crippen molar-refractivity contribution in [3.63, 3.8) is 0 Å². The highest BCUT2D eigenvalue weighted by Crippen LogP contribution is 2.40. The third kappa shape index (κ3) is 9.20. The van der Waals surface area contributed by atoms with Gasteiger partial charge < -0.3 is 31.1 Å². The van der Waals surface area contributed by atoms with Gasteiger partial charge in [-0.2, -0.15) is 10.5 Å². The molecule has 0 radical (unpaired) electrons. The van der Waals surface area contributed by atoms with Crippen LogP contribution >= 0.6 is 34.7 Å². The van der Waals surface area contributed by atoms with Gasteiger partial charge >= 0.3 is 5.97 Å². The zero-order chi connectivity index (χ0) is 37.2. The van der Waals surface area contributed by atoms with Gasteiger partial charge in [-0.05, 0) is 69.0 Å². The molecule has 0 unspecified atom stereocenters. The summed E-state index contributed by atoms with van der Waals surface area (Å²) in [4.78, 5) is 37.7. The number of pyridine rings is 1. The molecule has 1 aliphatic rings. The number of carbonyl (C=O) groups excluding carboxylic acids is 1. The van der Waals surface area contributed by atoms with E-state index in [4.69, 9.17) is 37.8 Å². The highest BCUT2D eigenvalue weighted by molar-refractivity contribution is 7.98. The summed E-state index contributed by atoms with van der Waals surface area (Å²) in [6.07, 6.45) is 2.86. The standard InChI is InChI=1S/C37H39ClN8O4S2/c1-23(37(48)49)46(36(47)31(42)5-4-14-39)17-18-50-28-12-8-24(9-13-28)32-29(19-40)33(45-15-2-3-16-45)44-35(30(32)20-41)52-22-27-21-51-34(43-27)25-6-10-26(38)11-7-25/h6-13,21,23,31H,2-5,14-18,22,39,42H2,1H3,(H,48,49)/t23-,31-/m0/s1. The first kappa shape index (κ1) is 38.5. The molecular weight excluding hydrogens is 720 g/mol. The second kappa shape index (κ2) is 18.2. The first-order valence-electron chi connectivity index (χ1n) is 16.8. The first-order valence-corrected chi connectivity index (χ1v) is 19.1. The van der Waals surface area contributed by atoms with Crippen LogP contribution in [0.15, 0.2) is 58.9 Å². The van der Waals surface area contributed by atoms with Gasteiger partial charge in [0.2, 0.25) is 5.91 Å². The number of halogens is 1. The van der Waals surface area contributed by atoms with Crippen molar-refractivity contribution in [1.82, 2.24) is 14.9 Å². The maximum absolute atomic E-state index is 13.0. The van der Waals surface area contributed by atoms with Crippen molar-refractivity contribution in [1.29, 1.82) is 10.5 Å². The third-order valence-corrected chi connectivity index (χ3v) is 10.9. The molecule has 2 atom stereocenters. The van der Waals surface area contributed by atoms with Crippen molar-refractivity contribution < 1.29 is 19.4 Å². The SMILES string of the molecule is C[C@@H](C(=O)O)N(CCOc1ccc(-c2c(C#N)c(SCc3csc(-c4ccc(Cl)cc4)n3)nc(N3CCCC3)c2C#N)cc1)C(=O)[C@@H](N)CCCN. The van der Waals surface area contributed by atoms with Crippen molar-refractivity contribution in [2.75, 3.05) is 37.7 Å². The van der Waals surface area contributed by atoms with Gasteiger partial charge in [-0.25, -0.2) is 14.8 Å². The summed E-state index contributed by atoms with van der Waals surface area (Å²) in [5.74, 6) is -0.137. The Labute approximate surface area is 316 Å². The zero-order valence-electron chi connectivity index (χ0n) is 28.6. The predicted octanol–water partition coefficient (Wildman–Crippen LogP) is 5.91. The minimum absolute atomic E-state index is 0.00580. The van der Waals surface area contributed by atoms with Gasteiger partial charge in [0.05, 0.1) is 23.8 Å². The summed E-state index contributed by atoms with van der Waals surface area (Å²) >= 11 is 8.99. The number of hydrogen-bond donors (Lipinski definition) is 3. The van der Waals surface area contributed by atoms with Gasteiger partial charge in [0.25, 0.3) is 0 Å². The fraction of sp³-hybridized carbons (Fsp3) is 0.351. The average Bonchev–Trinajstić information content (AvgIpc) is 3.87. The van der Waals surface area contributed by atoms with Crippen LogP contribution in [0.5, 0.6) is 5.75 Å². The molecule has 0 saturated carbocycles. The quantitative estimate of drug-likeness (QED) is 0.115. The fourth-order valence-corrected chi connectivity index (χ4v) is 7.77. The molecule has 0 spiro atoms. The van der Waals surface area contributed by atoms with E-state index in [1.165, 1.54) is 34.9 Å². The van der Waals surface area contributed by atoms with E-state index in [1.807, 2.05) is 29.6 Å². The number of thiazole rings is 1. The van der Waals surface area contributed by atoms with E-state index in [2.05, 4.69) is 17.0 Å². The van der Waals surface area contributed by atoms with Gasteiger partial charge in [-0.3, -0.25) is 4.79 Å². The van der Waals surface area contributed by atoms with Crippen LogP contribution in [0.2, 0.25) is 5.02 Å². The molecule has 4 aromatic rings. The molecule has 2 aromatic heterocycles. The number of aliphatic carboxylic acids is 1. The smallest absolute Gasteiger partial charge is 0.326 e. The van der Waals surface area contributed by atoms with Gasteiger partial charge in [0.1, 0.15) is 52.0 Å². The van der Waals surface area contributed by atoms with E-state index < -0.39 is 24.0 Å². The normalized spacial score (nSPS) is 13.6. The molecule has 52 heavy (non-hydrogen) atoms. The highest BCUT2D eigenvalue weighted by atomic mass is 35.5. The molecule has 12 nitrogen and oxygen atoms in total. The summed E-state index contributed by atoms with van der Waals surface area (Å²) in [5, 5.41) is 34.5. The van der Waals surface area contributed by atoms with Gasteiger partial charge in [0, 0.05) is 40.4 Å². The minimum Gasteiger partial charge on any atom is -0.492 e. The molecule has 1 aliphatic heterocycles. The molecular formula is C37H39ClN8O4S2. The van der Waals surface area contributed by atoms with Gasteiger partial charge in [-0.15, -0.1) is 11.3 Å². The van der Waals surface area contributed by atoms with Crippen LogP contribution in [-0.4, -0.2) is 76.7 Å². The number of nitrogens with two attached hydrogens (primary N) is 2. The number of anilines is 1. The monoisotopic (exact) mass is 758 g/mol. The minimum atomic E-state index is -1.15. The van der Waals surface area contributed by atoms with E-state index in [9.17, 15) is 25.2 Å². The van der Waals surface area contributed by atoms with Crippen molar-refractivity contribution in [2.24, 2.45) is 11.5 Å². The van der Waals surface area contributed by atoms with Crippen LogP contribution in [0.4, 0.5) is 5.82 Å². The Morgan fingerprint density at radius 1 is 1.08 bits per heavy atom. The second-order valence-corrected chi connectivity index (χ2v) is 14.4. The summed E-state index contributed by atoms with van der Waals surface area (Å²) < 4.78 is 5.92. The number of carbonyl (C=O) groups is 2. The number of ether oxygens (including phenoxy) is 1. The number of amides is 1. The maximum Gasteiger partial charge on any atom is 0.326 e. The molecule has 1 amide bonds. The van der Waals surface area contributed by atoms with Crippen molar-refractivity contribution in [3.05, 3.63) is 75.8 Å². The Morgan fingerprint density at radius 3 is 2.38 bits per heavy atom. The molecule has 1 saturated heterocycles. The van der Waals surface area contributed by atoms with E-state index in [1.54, 1.807) is 24.3 Å². The van der Waals surface area contributed by atoms with Gasteiger partial charge in [-0.1, -0.05) is 47.6 Å². The van der Waals surface area contributed by atoms with E-state index in [-0.39, 0.29) is 13.2 Å². The Bertz CT molecular complexity index is 1950. The molecule has 1 fully saturated rings. The summed E-state index contributed by atoms with van der Waals surface area (Å²) in [7, 11) is 0.